The Morgan fingerprint density at radius 2 is 2.00 bits per heavy atom. The van der Waals surface area contributed by atoms with Gasteiger partial charge >= 0.3 is 0 Å². The maximum Gasteiger partial charge on any atom is 0.205 e. The summed E-state index contributed by atoms with van der Waals surface area (Å²) in [6.45, 7) is 0. The third-order valence-electron chi connectivity index (χ3n) is 3.21. The number of nitrogens with zero attached hydrogens (tertiary/aromatic N) is 3. The monoisotopic (exact) mass is 497 g/mol. The lowest BCUT2D eigenvalue weighted by molar-refractivity contribution is 0.848. The molecule has 0 aliphatic heterocycles. The molecule has 0 radical (unpaired) electrons. The first kappa shape index (κ1) is 16.6. The molecule has 116 valence electrons. The molecule has 3 nitrogen and oxygen atoms in total. The Balaban J connectivity index is 2.09. The molecule has 0 aliphatic rings. The molecule has 0 spiro atoms. The van der Waals surface area contributed by atoms with Crippen molar-refractivity contribution >= 4 is 56.1 Å². The zero-order valence-corrected chi connectivity index (χ0v) is 16.8. The Hall–Kier alpha value is -1.25. The highest BCUT2D eigenvalue weighted by atomic mass is 127. The number of thiazole rings is 1. The predicted molar refractivity (Wildman–Crippen MR) is 109 cm³/mol. The third-order valence-corrected chi connectivity index (χ3v) is 5.60. The zero-order valence-electron chi connectivity index (χ0n) is 12.3. The van der Waals surface area contributed by atoms with Crippen LogP contribution in [-0.2, 0) is 0 Å². The molecule has 1 aromatic heterocycles. The van der Waals surface area contributed by atoms with Crippen molar-refractivity contribution in [2.75, 3.05) is 7.05 Å². The van der Waals surface area contributed by atoms with Crippen molar-refractivity contribution in [2.24, 2.45) is 10.1 Å². The average Bonchev–Trinajstić information content (AvgIpc) is 2.97. The van der Waals surface area contributed by atoms with E-state index in [-0.39, 0.29) is 0 Å². The largest absolute Gasteiger partial charge is 0.261 e. The Kier molecular flexibility index (Phi) is 5.45. The Morgan fingerprint density at radius 3 is 2.74 bits per heavy atom. The Labute approximate surface area is 160 Å². The minimum atomic E-state index is 0.863. The zero-order chi connectivity index (χ0) is 16.2. The fourth-order valence-electron chi connectivity index (χ4n) is 2.11. The van der Waals surface area contributed by atoms with Crippen LogP contribution in [0.4, 0.5) is 0 Å². The highest BCUT2D eigenvalue weighted by Crippen LogP contribution is 2.23. The molecule has 0 aliphatic carbocycles. The topological polar surface area (TPSA) is 29.6 Å². The van der Waals surface area contributed by atoms with Gasteiger partial charge in [-0.05, 0) is 40.8 Å². The summed E-state index contributed by atoms with van der Waals surface area (Å²) >= 11 is 7.42. The normalized spacial score (nSPS) is 12.2. The quantitative estimate of drug-likeness (QED) is 0.360. The summed E-state index contributed by atoms with van der Waals surface area (Å²) < 4.78 is 4.10. The number of rotatable bonds is 3. The van der Waals surface area contributed by atoms with Crippen LogP contribution >= 0.6 is 49.9 Å². The molecule has 23 heavy (non-hydrogen) atoms. The maximum atomic E-state index is 4.66. The van der Waals surface area contributed by atoms with E-state index >= 15 is 0 Å². The van der Waals surface area contributed by atoms with Crippen molar-refractivity contribution in [3.63, 3.8) is 0 Å². The second-order valence-corrected chi connectivity index (χ2v) is 7.63. The van der Waals surface area contributed by atoms with Crippen LogP contribution in [0.3, 0.4) is 0 Å². The minimum absolute atomic E-state index is 0.863. The van der Waals surface area contributed by atoms with Crippen molar-refractivity contribution in [1.82, 2.24) is 4.68 Å². The minimum Gasteiger partial charge on any atom is -0.261 e. The molecule has 0 bridgehead atoms. The van der Waals surface area contributed by atoms with E-state index in [0.717, 1.165) is 26.1 Å². The molecule has 0 fully saturated rings. The highest BCUT2D eigenvalue weighted by Gasteiger charge is 2.07. The van der Waals surface area contributed by atoms with Gasteiger partial charge in [0.15, 0.2) is 0 Å². The molecule has 0 saturated heterocycles. The fourth-order valence-corrected chi connectivity index (χ4v) is 3.84. The molecule has 2 aromatic carbocycles. The van der Waals surface area contributed by atoms with Gasteiger partial charge in [0, 0.05) is 31.6 Å². The first-order valence-corrected chi connectivity index (χ1v) is 9.62. The number of hydrogen-bond donors (Lipinski definition) is 0. The third kappa shape index (κ3) is 3.81. The molecule has 3 aromatic rings. The lowest BCUT2D eigenvalue weighted by Gasteiger charge is -2.04. The first-order chi connectivity index (χ1) is 11.2. The van der Waals surface area contributed by atoms with Crippen LogP contribution in [-0.4, -0.2) is 17.9 Å². The standard InChI is InChI=1S/C17H13BrIN3S/c1-20-17-22(21-10-13-5-2-3-8-15(13)19)16(11-23-17)12-6-4-7-14(18)9-12/h2-11H,1H3/b20-17?,21-10+. The lowest BCUT2D eigenvalue weighted by atomic mass is 10.2. The number of hydrogen-bond acceptors (Lipinski definition) is 3. The maximum absolute atomic E-state index is 4.66. The second-order valence-electron chi connectivity index (χ2n) is 4.72. The molecule has 0 N–H and O–H groups in total. The Bertz CT molecular complexity index is 927. The van der Waals surface area contributed by atoms with Crippen LogP contribution in [0.25, 0.3) is 11.3 Å². The van der Waals surface area contributed by atoms with Crippen molar-refractivity contribution in [3.05, 3.63) is 72.3 Å². The summed E-state index contributed by atoms with van der Waals surface area (Å²) in [6, 6.07) is 16.4. The van der Waals surface area contributed by atoms with Crippen molar-refractivity contribution in [1.29, 1.82) is 0 Å². The van der Waals surface area contributed by atoms with Crippen LogP contribution in [0.1, 0.15) is 5.56 Å². The van der Waals surface area contributed by atoms with Gasteiger partial charge in [0.2, 0.25) is 4.80 Å². The fraction of sp³-hybridized carbons (Fsp3) is 0.0588. The van der Waals surface area contributed by atoms with Crippen molar-refractivity contribution in [3.8, 4) is 11.3 Å². The van der Waals surface area contributed by atoms with Crippen molar-refractivity contribution < 1.29 is 0 Å². The smallest absolute Gasteiger partial charge is 0.205 e. The second kappa shape index (κ2) is 7.55. The van der Waals surface area contributed by atoms with Gasteiger partial charge in [-0.25, -0.2) is 4.68 Å². The summed E-state index contributed by atoms with van der Waals surface area (Å²) in [5, 5.41) is 6.74. The average molecular weight is 498 g/mol. The lowest BCUT2D eigenvalue weighted by Crippen LogP contribution is -2.11. The van der Waals surface area contributed by atoms with E-state index in [1.54, 1.807) is 18.4 Å². The molecule has 1 heterocycles. The van der Waals surface area contributed by atoms with Gasteiger partial charge in [0.1, 0.15) is 0 Å². The molecule has 0 amide bonds. The summed E-state index contributed by atoms with van der Waals surface area (Å²) in [5.74, 6) is 0. The van der Waals surface area contributed by atoms with Crippen LogP contribution in [0.15, 0.2) is 68.5 Å². The van der Waals surface area contributed by atoms with Gasteiger partial charge in [-0.2, -0.15) is 5.10 Å². The van der Waals surface area contributed by atoms with Gasteiger partial charge in [-0.3, -0.25) is 4.99 Å². The summed E-state index contributed by atoms with van der Waals surface area (Å²) in [7, 11) is 1.79. The molecule has 0 saturated carbocycles. The Morgan fingerprint density at radius 1 is 1.17 bits per heavy atom. The van der Waals surface area contributed by atoms with Crippen LogP contribution in [0.5, 0.6) is 0 Å². The van der Waals surface area contributed by atoms with E-state index in [1.807, 2.05) is 35.2 Å². The van der Waals surface area contributed by atoms with E-state index in [9.17, 15) is 0 Å². The predicted octanol–water partition coefficient (Wildman–Crippen LogP) is 5.00. The number of aromatic nitrogens is 1. The van der Waals surface area contributed by atoms with Crippen molar-refractivity contribution in [2.45, 2.75) is 0 Å². The van der Waals surface area contributed by atoms with Gasteiger partial charge in [-0.1, -0.05) is 46.3 Å². The van der Waals surface area contributed by atoms with E-state index in [0.29, 0.717) is 0 Å². The van der Waals surface area contributed by atoms with E-state index < -0.39 is 0 Å². The van der Waals surface area contributed by atoms with Crippen LogP contribution < -0.4 is 4.80 Å². The van der Waals surface area contributed by atoms with Gasteiger partial charge < -0.3 is 0 Å². The SMILES string of the molecule is CN=c1scc(-c2cccc(Br)c2)n1/N=C/c1ccccc1I. The van der Waals surface area contributed by atoms with E-state index in [2.05, 4.69) is 78.3 Å². The number of halogens is 2. The van der Waals surface area contributed by atoms with Gasteiger partial charge in [0.05, 0.1) is 11.9 Å². The number of benzene rings is 2. The molecule has 0 atom stereocenters. The molecule has 0 unspecified atom stereocenters. The van der Waals surface area contributed by atoms with E-state index in [1.165, 1.54) is 3.57 Å². The molecule has 6 heteroatoms. The molecular formula is C17H13BrIN3S. The first-order valence-electron chi connectivity index (χ1n) is 6.87. The molecular weight excluding hydrogens is 485 g/mol. The summed E-state index contributed by atoms with van der Waals surface area (Å²) in [5.41, 5.74) is 3.22. The highest BCUT2D eigenvalue weighted by molar-refractivity contribution is 14.1. The van der Waals surface area contributed by atoms with Gasteiger partial charge in [0.25, 0.3) is 0 Å². The van der Waals surface area contributed by atoms with E-state index in [4.69, 9.17) is 0 Å². The van der Waals surface area contributed by atoms with Crippen LogP contribution in [0, 0.1) is 3.57 Å². The molecule has 3 rings (SSSR count). The summed E-state index contributed by atoms with van der Waals surface area (Å²) in [4.78, 5) is 5.19. The van der Waals surface area contributed by atoms with Crippen LogP contribution in [0.2, 0.25) is 0 Å². The van der Waals surface area contributed by atoms with Gasteiger partial charge in [-0.15, -0.1) is 11.3 Å². The summed E-state index contributed by atoms with van der Waals surface area (Å²) in [6.07, 6.45) is 1.88.